The van der Waals surface area contributed by atoms with Gasteiger partial charge in [-0.15, -0.1) is 0 Å². The lowest BCUT2D eigenvalue weighted by Crippen LogP contribution is -2.56. The molecular formula is C15H23NO2. The van der Waals surface area contributed by atoms with E-state index in [4.69, 9.17) is 0 Å². The van der Waals surface area contributed by atoms with Crippen LogP contribution in [0.15, 0.2) is 30.3 Å². The maximum atomic E-state index is 10.4. The van der Waals surface area contributed by atoms with Gasteiger partial charge in [-0.2, -0.15) is 0 Å². The number of aliphatic hydroxyl groups is 2. The summed E-state index contributed by atoms with van der Waals surface area (Å²) in [7, 11) is 0. The van der Waals surface area contributed by atoms with E-state index in [2.05, 4.69) is 17.0 Å². The van der Waals surface area contributed by atoms with Gasteiger partial charge < -0.3 is 10.2 Å². The van der Waals surface area contributed by atoms with Gasteiger partial charge in [-0.25, -0.2) is 0 Å². The van der Waals surface area contributed by atoms with Crippen molar-refractivity contribution in [2.45, 2.75) is 44.4 Å². The second-order valence-electron chi connectivity index (χ2n) is 5.85. The van der Waals surface area contributed by atoms with E-state index >= 15 is 0 Å². The van der Waals surface area contributed by atoms with Gasteiger partial charge in [-0.3, -0.25) is 4.90 Å². The Morgan fingerprint density at radius 1 is 1.17 bits per heavy atom. The van der Waals surface area contributed by atoms with Crippen molar-refractivity contribution in [3.8, 4) is 0 Å². The van der Waals surface area contributed by atoms with Crippen molar-refractivity contribution in [2.24, 2.45) is 0 Å². The number of piperidine rings is 1. The van der Waals surface area contributed by atoms with Gasteiger partial charge >= 0.3 is 0 Å². The maximum absolute atomic E-state index is 10.4. The number of likely N-dealkylation sites (tertiary alicyclic amines) is 1. The molecule has 0 unspecified atom stereocenters. The van der Waals surface area contributed by atoms with Gasteiger partial charge in [0.05, 0.1) is 11.2 Å². The summed E-state index contributed by atoms with van der Waals surface area (Å²) in [5, 5.41) is 20.4. The molecular weight excluding hydrogens is 226 g/mol. The number of benzene rings is 1. The SMILES string of the molecule is CC(C)(O)C1(O)CCN(Cc2ccccc2)CC1. The predicted octanol–water partition coefficient (Wildman–Crippen LogP) is 1.78. The van der Waals surface area contributed by atoms with Crippen LogP contribution in [0.2, 0.25) is 0 Å². The van der Waals surface area contributed by atoms with Crippen LogP contribution in [-0.2, 0) is 6.54 Å². The second kappa shape index (κ2) is 5.00. The van der Waals surface area contributed by atoms with Gasteiger partial charge in [0.1, 0.15) is 0 Å². The third kappa shape index (κ3) is 2.91. The predicted molar refractivity (Wildman–Crippen MR) is 72.2 cm³/mol. The lowest BCUT2D eigenvalue weighted by molar-refractivity contribution is -0.157. The van der Waals surface area contributed by atoms with E-state index < -0.39 is 11.2 Å². The molecule has 1 aliphatic heterocycles. The zero-order valence-electron chi connectivity index (χ0n) is 11.3. The normalized spacial score (nSPS) is 20.9. The summed E-state index contributed by atoms with van der Waals surface area (Å²) in [6.45, 7) is 5.97. The van der Waals surface area contributed by atoms with Gasteiger partial charge in [0.2, 0.25) is 0 Å². The standard InChI is InChI=1S/C15H23NO2/c1-14(2,17)15(18)8-10-16(11-9-15)12-13-6-4-3-5-7-13/h3-7,17-18H,8-12H2,1-2H3. The lowest BCUT2D eigenvalue weighted by Gasteiger charge is -2.45. The van der Waals surface area contributed by atoms with Crippen molar-refractivity contribution in [2.75, 3.05) is 13.1 Å². The monoisotopic (exact) mass is 249 g/mol. The summed E-state index contributed by atoms with van der Waals surface area (Å²) in [5.41, 5.74) is -0.669. The first kappa shape index (κ1) is 13.5. The molecule has 1 aromatic rings. The molecule has 100 valence electrons. The molecule has 2 N–H and O–H groups in total. The molecule has 0 atom stereocenters. The molecule has 2 rings (SSSR count). The molecule has 0 amide bonds. The maximum Gasteiger partial charge on any atom is 0.0952 e. The fourth-order valence-corrected chi connectivity index (χ4v) is 2.53. The van der Waals surface area contributed by atoms with Crippen molar-refractivity contribution < 1.29 is 10.2 Å². The van der Waals surface area contributed by atoms with E-state index in [1.54, 1.807) is 13.8 Å². The Hall–Kier alpha value is -0.900. The molecule has 0 aromatic heterocycles. The molecule has 1 aromatic carbocycles. The van der Waals surface area contributed by atoms with Crippen LogP contribution in [0.4, 0.5) is 0 Å². The van der Waals surface area contributed by atoms with Crippen molar-refractivity contribution >= 4 is 0 Å². The summed E-state index contributed by atoms with van der Waals surface area (Å²) in [6, 6.07) is 10.4. The smallest absolute Gasteiger partial charge is 0.0952 e. The summed E-state index contributed by atoms with van der Waals surface area (Å²) in [4.78, 5) is 2.33. The lowest BCUT2D eigenvalue weighted by atomic mass is 9.78. The van der Waals surface area contributed by atoms with E-state index in [1.807, 2.05) is 18.2 Å². The Bertz CT molecular complexity index is 375. The fourth-order valence-electron chi connectivity index (χ4n) is 2.53. The highest BCUT2D eigenvalue weighted by atomic mass is 16.4. The van der Waals surface area contributed by atoms with E-state index in [-0.39, 0.29) is 0 Å². The van der Waals surface area contributed by atoms with Crippen molar-refractivity contribution in [1.82, 2.24) is 4.90 Å². The molecule has 1 saturated heterocycles. The fraction of sp³-hybridized carbons (Fsp3) is 0.600. The van der Waals surface area contributed by atoms with Crippen molar-refractivity contribution in [3.63, 3.8) is 0 Å². The van der Waals surface area contributed by atoms with Gasteiger partial charge in [0, 0.05) is 19.6 Å². The highest BCUT2D eigenvalue weighted by molar-refractivity contribution is 5.14. The molecule has 1 heterocycles. The first-order valence-corrected chi connectivity index (χ1v) is 6.62. The van der Waals surface area contributed by atoms with E-state index in [9.17, 15) is 10.2 Å². The summed E-state index contributed by atoms with van der Waals surface area (Å²) < 4.78 is 0. The Labute approximate surface area is 109 Å². The van der Waals surface area contributed by atoms with Gasteiger partial charge in [0.25, 0.3) is 0 Å². The van der Waals surface area contributed by atoms with Gasteiger partial charge in [-0.1, -0.05) is 30.3 Å². The molecule has 0 spiro atoms. The van der Waals surface area contributed by atoms with Crippen LogP contribution in [0, 0.1) is 0 Å². The molecule has 0 aliphatic carbocycles. The highest BCUT2D eigenvalue weighted by Gasteiger charge is 2.44. The number of rotatable bonds is 3. The first-order chi connectivity index (χ1) is 8.41. The van der Waals surface area contributed by atoms with Crippen molar-refractivity contribution in [3.05, 3.63) is 35.9 Å². The zero-order chi connectivity index (χ0) is 13.2. The Morgan fingerprint density at radius 2 is 1.72 bits per heavy atom. The molecule has 0 radical (unpaired) electrons. The molecule has 1 fully saturated rings. The molecule has 1 aliphatic rings. The summed E-state index contributed by atoms with van der Waals surface area (Å²) in [6.07, 6.45) is 1.26. The number of hydrogen-bond donors (Lipinski definition) is 2. The van der Waals surface area contributed by atoms with Gasteiger partial charge in [0.15, 0.2) is 0 Å². The topological polar surface area (TPSA) is 43.7 Å². The van der Waals surface area contributed by atoms with Crippen molar-refractivity contribution in [1.29, 1.82) is 0 Å². The third-order valence-electron chi connectivity index (χ3n) is 4.07. The number of nitrogens with zero attached hydrogens (tertiary/aromatic N) is 1. The Kier molecular flexibility index (Phi) is 3.76. The average Bonchev–Trinajstić information content (AvgIpc) is 2.32. The minimum absolute atomic E-state index is 0.628. The van der Waals surface area contributed by atoms with Gasteiger partial charge in [-0.05, 0) is 32.3 Å². The highest BCUT2D eigenvalue weighted by Crippen LogP contribution is 2.32. The first-order valence-electron chi connectivity index (χ1n) is 6.62. The largest absolute Gasteiger partial charge is 0.387 e. The number of hydrogen-bond acceptors (Lipinski definition) is 3. The summed E-state index contributed by atoms with van der Waals surface area (Å²) >= 11 is 0. The molecule has 3 heteroatoms. The molecule has 3 nitrogen and oxygen atoms in total. The quantitative estimate of drug-likeness (QED) is 0.858. The minimum atomic E-state index is -1.02. The Morgan fingerprint density at radius 3 is 2.22 bits per heavy atom. The zero-order valence-corrected chi connectivity index (χ0v) is 11.3. The van der Waals surface area contributed by atoms with Crippen LogP contribution >= 0.6 is 0 Å². The Balaban J connectivity index is 1.91. The summed E-state index contributed by atoms with van der Waals surface area (Å²) in [5.74, 6) is 0. The average molecular weight is 249 g/mol. The van der Waals surface area contributed by atoms with Crippen LogP contribution in [0.3, 0.4) is 0 Å². The molecule has 0 saturated carbocycles. The van der Waals surface area contributed by atoms with Crippen LogP contribution in [0.5, 0.6) is 0 Å². The van der Waals surface area contributed by atoms with E-state index in [0.29, 0.717) is 12.8 Å². The van der Waals surface area contributed by atoms with E-state index in [0.717, 1.165) is 19.6 Å². The van der Waals surface area contributed by atoms with Crippen LogP contribution in [-0.4, -0.2) is 39.4 Å². The minimum Gasteiger partial charge on any atom is -0.387 e. The molecule has 0 bridgehead atoms. The van der Waals surface area contributed by atoms with Crippen LogP contribution < -0.4 is 0 Å². The molecule has 18 heavy (non-hydrogen) atoms. The van der Waals surface area contributed by atoms with Crippen LogP contribution in [0.25, 0.3) is 0 Å². The van der Waals surface area contributed by atoms with E-state index in [1.165, 1.54) is 5.56 Å². The second-order valence-corrected chi connectivity index (χ2v) is 5.85. The third-order valence-corrected chi connectivity index (χ3v) is 4.07. The van der Waals surface area contributed by atoms with Crippen LogP contribution in [0.1, 0.15) is 32.3 Å².